The lowest BCUT2D eigenvalue weighted by atomic mass is 10.1. The van der Waals surface area contributed by atoms with Gasteiger partial charge in [0.2, 0.25) is 5.91 Å². The van der Waals surface area contributed by atoms with E-state index in [1.165, 1.54) is 4.90 Å². The number of anilines is 2. The van der Waals surface area contributed by atoms with Gasteiger partial charge in [0.25, 0.3) is 11.8 Å². The van der Waals surface area contributed by atoms with Gasteiger partial charge in [-0.1, -0.05) is 12.1 Å². The summed E-state index contributed by atoms with van der Waals surface area (Å²) in [5, 5.41) is 2.95. The number of rotatable bonds is 2. The smallest absolute Gasteiger partial charge is 0.263 e. The molecule has 2 heterocycles. The van der Waals surface area contributed by atoms with E-state index in [4.69, 9.17) is 0 Å². The third kappa shape index (κ3) is 2.77. The minimum Gasteiger partial charge on any atom is -0.348 e. The van der Waals surface area contributed by atoms with Crippen molar-refractivity contribution in [1.29, 1.82) is 0 Å². The predicted molar refractivity (Wildman–Crippen MR) is 103 cm³/mol. The number of hydrogen-bond acceptors (Lipinski definition) is 4. The fourth-order valence-corrected chi connectivity index (χ4v) is 3.69. The second-order valence-electron chi connectivity index (χ2n) is 7.25. The van der Waals surface area contributed by atoms with Crippen molar-refractivity contribution in [3.05, 3.63) is 58.7 Å². The van der Waals surface area contributed by atoms with Crippen LogP contribution in [-0.4, -0.2) is 35.3 Å². The maximum Gasteiger partial charge on any atom is 0.263 e. The van der Waals surface area contributed by atoms with Crippen LogP contribution in [0.25, 0.3) is 0 Å². The molecular weight excluding hydrogens is 342 g/mol. The van der Waals surface area contributed by atoms with Crippen molar-refractivity contribution < 1.29 is 14.4 Å². The highest BCUT2D eigenvalue weighted by Crippen LogP contribution is 2.35. The standard InChI is InChI=1S/C21H21N3O3/c1-12-8-17-18(9-13(12)2)23(14(3)10-19(25)22-17)11-24-20(26)15-6-4-5-7-16(15)21(24)27/h4-9,14H,10-11H2,1-3H3,(H,22,25). The molecule has 2 aliphatic heterocycles. The molecule has 6 nitrogen and oxygen atoms in total. The van der Waals surface area contributed by atoms with Gasteiger partial charge in [0, 0.05) is 12.5 Å². The molecule has 0 aliphatic carbocycles. The average Bonchev–Trinajstić information content (AvgIpc) is 2.80. The van der Waals surface area contributed by atoms with Crippen LogP contribution >= 0.6 is 0 Å². The van der Waals surface area contributed by atoms with Crippen LogP contribution in [-0.2, 0) is 4.79 Å². The first-order valence-electron chi connectivity index (χ1n) is 9.00. The summed E-state index contributed by atoms with van der Waals surface area (Å²) >= 11 is 0. The van der Waals surface area contributed by atoms with Crippen LogP contribution in [0.2, 0.25) is 0 Å². The Morgan fingerprint density at radius 2 is 1.59 bits per heavy atom. The number of fused-ring (bicyclic) bond motifs is 2. The first-order chi connectivity index (χ1) is 12.9. The Hall–Kier alpha value is -3.15. The Balaban J connectivity index is 1.74. The van der Waals surface area contributed by atoms with Gasteiger partial charge in [-0.05, 0) is 56.2 Å². The van der Waals surface area contributed by atoms with E-state index in [-0.39, 0.29) is 36.9 Å². The summed E-state index contributed by atoms with van der Waals surface area (Å²) in [4.78, 5) is 41.0. The molecule has 2 aliphatic rings. The summed E-state index contributed by atoms with van der Waals surface area (Å²) in [5.41, 5.74) is 4.56. The molecule has 4 rings (SSSR count). The van der Waals surface area contributed by atoms with E-state index >= 15 is 0 Å². The Bertz CT molecular complexity index is 948. The van der Waals surface area contributed by atoms with E-state index < -0.39 is 0 Å². The van der Waals surface area contributed by atoms with Crippen LogP contribution in [0.3, 0.4) is 0 Å². The molecule has 1 unspecified atom stereocenters. The van der Waals surface area contributed by atoms with E-state index in [9.17, 15) is 14.4 Å². The number of nitrogens with zero attached hydrogens (tertiary/aromatic N) is 2. The van der Waals surface area contributed by atoms with Crippen molar-refractivity contribution in [2.75, 3.05) is 16.9 Å². The maximum absolute atomic E-state index is 12.8. The molecule has 1 atom stereocenters. The lowest BCUT2D eigenvalue weighted by molar-refractivity contribution is -0.116. The van der Waals surface area contributed by atoms with E-state index in [1.54, 1.807) is 24.3 Å². The lowest BCUT2D eigenvalue weighted by Crippen LogP contribution is -2.45. The zero-order valence-corrected chi connectivity index (χ0v) is 15.6. The van der Waals surface area contributed by atoms with Crippen molar-refractivity contribution in [2.24, 2.45) is 0 Å². The predicted octanol–water partition coefficient (Wildman–Crippen LogP) is 3.09. The zero-order chi connectivity index (χ0) is 19.3. The highest BCUT2D eigenvalue weighted by atomic mass is 16.2. The molecule has 27 heavy (non-hydrogen) atoms. The number of imide groups is 1. The molecule has 3 amide bonds. The first-order valence-corrected chi connectivity index (χ1v) is 9.00. The molecule has 0 aromatic heterocycles. The Kier molecular flexibility index (Phi) is 3.98. The van der Waals surface area contributed by atoms with Crippen LogP contribution in [0.15, 0.2) is 36.4 Å². The summed E-state index contributed by atoms with van der Waals surface area (Å²) in [6, 6.07) is 10.7. The summed E-state index contributed by atoms with van der Waals surface area (Å²) in [6.07, 6.45) is 0.288. The zero-order valence-electron chi connectivity index (χ0n) is 15.6. The number of nitrogens with one attached hydrogen (secondary N) is 1. The minimum absolute atomic E-state index is 0.0723. The molecule has 0 saturated carbocycles. The fourth-order valence-electron chi connectivity index (χ4n) is 3.69. The number of amides is 3. The summed E-state index contributed by atoms with van der Waals surface area (Å²) < 4.78 is 0. The van der Waals surface area contributed by atoms with Gasteiger partial charge in [-0.15, -0.1) is 0 Å². The molecule has 0 fully saturated rings. The maximum atomic E-state index is 12.8. The highest BCUT2D eigenvalue weighted by Gasteiger charge is 2.38. The molecule has 0 saturated heterocycles. The van der Waals surface area contributed by atoms with Crippen LogP contribution in [0.4, 0.5) is 11.4 Å². The molecule has 138 valence electrons. The third-order valence-corrected chi connectivity index (χ3v) is 5.38. The van der Waals surface area contributed by atoms with Gasteiger partial charge in [0.15, 0.2) is 0 Å². The van der Waals surface area contributed by atoms with Crippen molar-refractivity contribution >= 4 is 29.1 Å². The van der Waals surface area contributed by atoms with E-state index in [0.717, 1.165) is 16.8 Å². The van der Waals surface area contributed by atoms with Gasteiger partial charge in [-0.25, -0.2) is 0 Å². The number of aryl methyl sites for hydroxylation is 2. The normalized spacial score (nSPS) is 18.9. The molecule has 0 bridgehead atoms. The SMILES string of the molecule is Cc1cc2c(cc1C)N(CN1C(=O)c3ccccc3C1=O)C(C)CC(=O)N2. The van der Waals surface area contributed by atoms with Crippen molar-refractivity contribution in [3.63, 3.8) is 0 Å². The number of carbonyl (C=O) groups is 3. The summed E-state index contributed by atoms with van der Waals surface area (Å²) in [6.45, 7) is 6.04. The Morgan fingerprint density at radius 3 is 2.22 bits per heavy atom. The lowest BCUT2D eigenvalue weighted by Gasteiger charge is -2.33. The third-order valence-electron chi connectivity index (χ3n) is 5.38. The van der Waals surface area contributed by atoms with Gasteiger partial charge in [-0.3, -0.25) is 19.3 Å². The van der Waals surface area contributed by atoms with Crippen molar-refractivity contribution in [1.82, 2.24) is 4.90 Å². The van der Waals surface area contributed by atoms with E-state index in [2.05, 4.69) is 5.32 Å². The first kappa shape index (κ1) is 17.3. The Morgan fingerprint density at radius 1 is 1.00 bits per heavy atom. The molecule has 6 heteroatoms. The number of carbonyl (C=O) groups excluding carboxylic acids is 3. The summed E-state index contributed by atoms with van der Waals surface area (Å²) in [7, 11) is 0. The van der Waals surface area contributed by atoms with Gasteiger partial charge in [-0.2, -0.15) is 0 Å². The van der Waals surface area contributed by atoms with Crippen molar-refractivity contribution in [2.45, 2.75) is 33.2 Å². The molecule has 1 N–H and O–H groups in total. The molecule has 0 spiro atoms. The monoisotopic (exact) mass is 363 g/mol. The van der Waals surface area contributed by atoms with Crippen LogP contribution in [0.5, 0.6) is 0 Å². The van der Waals surface area contributed by atoms with Crippen LogP contribution < -0.4 is 10.2 Å². The van der Waals surface area contributed by atoms with E-state index in [1.807, 2.05) is 37.8 Å². The average molecular weight is 363 g/mol. The van der Waals surface area contributed by atoms with Gasteiger partial charge < -0.3 is 10.2 Å². The summed E-state index contributed by atoms with van der Waals surface area (Å²) in [5.74, 6) is -0.662. The topological polar surface area (TPSA) is 69.7 Å². The second kappa shape index (κ2) is 6.23. The number of hydrogen-bond donors (Lipinski definition) is 1. The molecule has 2 aromatic carbocycles. The number of benzene rings is 2. The van der Waals surface area contributed by atoms with E-state index in [0.29, 0.717) is 16.8 Å². The highest BCUT2D eigenvalue weighted by molar-refractivity contribution is 6.21. The van der Waals surface area contributed by atoms with Crippen LogP contribution in [0.1, 0.15) is 45.2 Å². The second-order valence-corrected chi connectivity index (χ2v) is 7.25. The Labute approximate surface area is 157 Å². The fraction of sp³-hybridized carbons (Fsp3) is 0.286. The van der Waals surface area contributed by atoms with Gasteiger partial charge in [0.1, 0.15) is 6.67 Å². The van der Waals surface area contributed by atoms with Gasteiger partial charge in [0.05, 0.1) is 22.5 Å². The molecule has 0 radical (unpaired) electrons. The minimum atomic E-state index is -0.295. The van der Waals surface area contributed by atoms with Crippen molar-refractivity contribution in [3.8, 4) is 0 Å². The largest absolute Gasteiger partial charge is 0.348 e. The van der Waals surface area contributed by atoms with Crippen LogP contribution in [0, 0.1) is 13.8 Å². The quantitative estimate of drug-likeness (QED) is 0.833. The molecular formula is C21H21N3O3. The molecule has 2 aromatic rings. The van der Waals surface area contributed by atoms with Gasteiger partial charge >= 0.3 is 0 Å².